The predicted octanol–water partition coefficient (Wildman–Crippen LogP) is 4.69. The van der Waals surface area contributed by atoms with E-state index >= 15 is 0 Å². The Morgan fingerprint density at radius 2 is 1.59 bits per heavy atom. The maximum absolute atomic E-state index is 12.1. The number of aliphatic carboxylic acids is 1. The molecule has 3 aromatic carbocycles. The monoisotopic (exact) mass is 460 g/mol. The summed E-state index contributed by atoms with van der Waals surface area (Å²) in [5.74, 6) is -0.123. The number of urea groups is 1. The van der Waals surface area contributed by atoms with Crippen molar-refractivity contribution in [2.24, 2.45) is 0 Å². The molecule has 7 nitrogen and oxygen atoms in total. The van der Waals surface area contributed by atoms with Gasteiger partial charge in [-0.2, -0.15) is 0 Å². The summed E-state index contributed by atoms with van der Waals surface area (Å²) in [6, 6.07) is 25.0. The number of benzene rings is 3. The van der Waals surface area contributed by atoms with Gasteiger partial charge in [0.05, 0.1) is 31.7 Å². The van der Waals surface area contributed by atoms with Gasteiger partial charge in [-0.1, -0.05) is 54.6 Å². The van der Waals surface area contributed by atoms with Gasteiger partial charge in [0.15, 0.2) is 0 Å². The van der Waals surface area contributed by atoms with Crippen LogP contribution in [-0.4, -0.2) is 43.5 Å². The van der Waals surface area contributed by atoms with Crippen molar-refractivity contribution in [2.45, 2.75) is 18.3 Å². The average molecular weight is 461 g/mol. The highest BCUT2D eigenvalue weighted by molar-refractivity contribution is 5.89. The Bertz CT molecular complexity index is 1090. The van der Waals surface area contributed by atoms with E-state index in [2.05, 4.69) is 10.6 Å². The molecule has 2 amide bonds. The third kappa shape index (κ3) is 5.94. The standard InChI is InChI=1S/C27H28N2O5/c30-25(31)17-27(18-33-19-27)22-9-13-24(14-10-22)34-16-4-15-28-26(32)29-23-11-7-21(8-12-23)20-5-2-1-3-6-20/h1-3,5-14H,4,15-19H2,(H,30,31)(H2,28,29,32). The number of hydrogen-bond donors (Lipinski definition) is 3. The highest BCUT2D eigenvalue weighted by atomic mass is 16.5. The van der Waals surface area contributed by atoms with Gasteiger partial charge < -0.3 is 25.2 Å². The molecule has 0 saturated carbocycles. The summed E-state index contributed by atoms with van der Waals surface area (Å²) in [5.41, 5.74) is 3.46. The average Bonchev–Trinajstić information content (AvgIpc) is 2.83. The van der Waals surface area contributed by atoms with Crippen LogP contribution in [0.3, 0.4) is 0 Å². The molecule has 176 valence electrons. The molecule has 0 unspecified atom stereocenters. The van der Waals surface area contributed by atoms with E-state index in [0.29, 0.717) is 38.5 Å². The largest absolute Gasteiger partial charge is 0.494 e. The second-order valence-corrected chi connectivity index (χ2v) is 8.39. The van der Waals surface area contributed by atoms with Gasteiger partial charge in [-0.25, -0.2) is 4.79 Å². The lowest BCUT2D eigenvalue weighted by atomic mass is 9.76. The third-order valence-electron chi connectivity index (χ3n) is 5.84. The normalized spacial score (nSPS) is 14.0. The first-order valence-electron chi connectivity index (χ1n) is 11.3. The number of ether oxygens (including phenoxy) is 2. The van der Waals surface area contributed by atoms with E-state index in [1.54, 1.807) is 0 Å². The SMILES string of the molecule is O=C(O)CC1(c2ccc(OCCCNC(=O)Nc3ccc(-c4ccccc4)cc3)cc2)COC1. The number of anilines is 1. The molecule has 4 rings (SSSR count). The number of amides is 2. The Labute approximate surface area is 198 Å². The smallest absolute Gasteiger partial charge is 0.319 e. The van der Waals surface area contributed by atoms with Gasteiger partial charge in [-0.15, -0.1) is 0 Å². The molecule has 0 aromatic heterocycles. The van der Waals surface area contributed by atoms with Crippen molar-refractivity contribution in [3.05, 3.63) is 84.4 Å². The molecule has 1 aliphatic heterocycles. The number of carboxylic acid groups (broad SMARTS) is 1. The maximum atomic E-state index is 12.1. The van der Waals surface area contributed by atoms with Crippen molar-refractivity contribution < 1.29 is 24.2 Å². The van der Waals surface area contributed by atoms with Crippen molar-refractivity contribution in [3.63, 3.8) is 0 Å². The summed E-state index contributed by atoms with van der Waals surface area (Å²) in [5, 5.41) is 14.8. The van der Waals surface area contributed by atoms with Gasteiger partial charge in [-0.3, -0.25) is 4.79 Å². The van der Waals surface area contributed by atoms with Gasteiger partial charge in [0.2, 0.25) is 0 Å². The van der Waals surface area contributed by atoms with Crippen LogP contribution in [0, 0.1) is 0 Å². The molecule has 1 fully saturated rings. The van der Waals surface area contributed by atoms with Crippen LogP contribution in [0.1, 0.15) is 18.4 Å². The summed E-state index contributed by atoms with van der Waals surface area (Å²) in [4.78, 5) is 23.3. The van der Waals surface area contributed by atoms with Crippen molar-refractivity contribution in [3.8, 4) is 16.9 Å². The number of carboxylic acids is 1. The molecule has 3 N–H and O–H groups in total. The zero-order valence-electron chi connectivity index (χ0n) is 18.8. The summed E-state index contributed by atoms with van der Waals surface area (Å²) in [6.07, 6.45) is 0.705. The van der Waals surface area contributed by atoms with Gasteiger partial charge in [0, 0.05) is 12.2 Å². The number of hydrogen-bond acceptors (Lipinski definition) is 4. The fourth-order valence-corrected chi connectivity index (χ4v) is 3.93. The molecular formula is C27H28N2O5. The first-order chi connectivity index (χ1) is 16.5. The Morgan fingerprint density at radius 1 is 0.912 bits per heavy atom. The van der Waals surface area contributed by atoms with Crippen molar-refractivity contribution in [1.29, 1.82) is 0 Å². The Kier molecular flexibility index (Phi) is 7.44. The van der Waals surface area contributed by atoms with E-state index in [4.69, 9.17) is 14.6 Å². The quantitative estimate of drug-likeness (QED) is 0.382. The first-order valence-corrected chi connectivity index (χ1v) is 11.3. The minimum absolute atomic E-state index is 0.0537. The molecule has 0 atom stereocenters. The zero-order valence-corrected chi connectivity index (χ0v) is 18.8. The Balaban J connectivity index is 1.16. The summed E-state index contributed by atoms with van der Waals surface area (Å²) < 4.78 is 11.0. The summed E-state index contributed by atoms with van der Waals surface area (Å²) in [6.45, 7) is 1.77. The highest BCUT2D eigenvalue weighted by Gasteiger charge is 2.42. The van der Waals surface area contributed by atoms with Crippen LogP contribution in [0.2, 0.25) is 0 Å². The zero-order chi connectivity index (χ0) is 23.8. The van der Waals surface area contributed by atoms with Crippen molar-refractivity contribution >= 4 is 17.7 Å². The second kappa shape index (κ2) is 10.9. The maximum Gasteiger partial charge on any atom is 0.319 e. The molecule has 0 radical (unpaired) electrons. The molecule has 0 bridgehead atoms. The third-order valence-corrected chi connectivity index (χ3v) is 5.84. The summed E-state index contributed by atoms with van der Waals surface area (Å²) >= 11 is 0. The summed E-state index contributed by atoms with van der Waals surface area (Å²) in [7, 11) is 0. The van der Waals surface area contributed by atoms with Crippen molar-refractivity contribution in [1.82, 2.24) is 5.32 Å². The fraction of sp³-hybridized carbons (Fsp3) is 0.259. The predicted molar refractivity (Wildman–Crippen MR) is 130 cm³/mol. The Hall–Kier alpha value is -3.84. The van der Waals surface area contributed by atoms with Crippen LogP contribution < -0.4 is 15.4 Å². The van der Waals surface area contributed by atoms with Crippen LogP contribution in [0.4, 0.5) is 10.5 Å². The number of carbonyl (C=O) groups excluding carboxylic acids is 1. The van der Waals surface area contributed by atoms with E-state index < -0.39 is 11.4 Å². The molecule has 3 aromatic rings. The second-order valence-electron chi connectivity index (χ2n) is 8.39. The van der Waals surface area contributed by atoms with Gasteiger partial charge >= 0.3 is 12.0 Å². The van der Waals surface area contributed by atoms with E-state index in [1.165, 1.54) is 0 Å². The molecule has 1 heterocycles. The molecular weight excluding hydrogens is 432 g/mol. The lowest BCUT2D eigenvalue weighted by Gasteiger charge is -2.40. The van der Waals surface area contributed by atoms with Crippen LogP contribution in [0.25, 0.3) is 11.1 Å². The minimum atomic E-state index is -0.829. The lowest BCUT2D eigenvalue weighted by Crippen LogP contribution is -2.48. The fourth-order valence-electron chi connectivity index (χ4n) is 3.93. The van der Waals surface area contributed by atoms with E-state index in [1.807, 2.05) is 78.9 Å². The lowest BCUT2D eigenvalue weighted by molar-refractivity contribution is -0.145. The molecule has 7 heteroatoms. The van der Waals surface area contributed by atoms with Crippen LogP contribution in [0.15, 0.2) is 78.9 Å². The van der Waals surface area contributed by atoms with E-state index in [9.17, 15) is 9.59 Å². The van der Waals surface area contributed by atoms with Gasteiger partial charge in [0.25, 0.3) is 0 Å². The van der Waals surface area contributed by atoms with Gasteiger partial charge in [0.1, 0.15) is 5.75 Å². The Morgan fingerprint density at radius 3 is 2.21 bits per heavy atom. The van der Waals surface area contributed by atoms with E-state index in [0.717, 1.165) is 22.4 Å². The van der Waals surface area contributed by atoms with E-state index in [-0.39, 0.29) is 12.5 Å². The molecule has 0 aliphatic carbocycles. The van der Waals surface area contributed by atoms with Gasteiger partial charge in [-0.05, 0) is 47.4 Å². The number of carbonyl (C=O) groups is 2. The first kappa shape index (κ1) is 23.3. The molecule has 1 saturated heterocycles. The molecule has 0 spiro atoms. The number of rotatable bonds is 10. The van der Waals surface area contributed by atoms with Crippen molar-refractivity contribution in [2.75, 3.05) is 31.7 Å². The number of nitrogens with one attached hydrogen (secondary N) is 2. The van der Waals surface area contributed by atoms with Crippen LogP contribution in [0.5, 0.6) is 5.75 Å². The van der Waals surface area contributed by atoms with Crippen LogP contribution in [-0.2, 0) is 14.9 Å². The minimum Gasteiger partial charge on any atom is -0.494 e. The molecule has 34 heavy (non-hydrogen) atoms. The van der Waals surface area contributed by atoms with Crippen LogP contribution >= 0.6 is 0 Å². The topological polar surface area (TPSA) is 96.9 Å². The molecule has 1 aliphatic rings. The highest BCUT2D eigenvalue weighted by Crippen LogP contribution is 2.36.